The van der Waals surface area contributed by atoms with E-state index in [4.69, 9.17) is 9.26 Å². The lowest BCUT2D eigenvalue weighted by Crippen LogP contribution is -2.51. The molecule has 1 aromatic heterocycles. The number of rotatable bonds is 4. The van der Waals surface area contributed by atoms with Crippen LogP contribution in [0, 0.1) is 6.92 Å². The molecule has 7 heteroatoms. The highest BCUT2D eigenvalue weighted by Crippen LogP contribution is 2.19. The third kappa shape index (κ3) is 3.78. The molecule has 2 aliphatic heterocycles. The van der Waals surface area contributed by atoms with E-state index in [1.165, 1.54) is 5.56 Å². The Hall–Kier alpha value is -2.25. The van der Waals surface area contributed by atoms with Crippen LogP contribution in [0.4, 0.5) is 0 Å². The van der Waals surface area contributed by atoms with E-state index in [1.54, 1.807) is 0 Å². The molecule has 2 saturated heterocycles. The number of carbonyl (C=O) groups excluding carboxylic acids is 1. The van der Waals surface area contributed by atoms with E-state index >= 15 is 0 Å². The molecule has 2 aliphatic rings. The van der Waals surface area contributed by atoms with Gasteiger partial charge in [-0.05, 0) is 25.8 Å². The summed E-state index contributed by atoms with van der Waals surface area (Å²) in [5, 5.41) is 4.09. The van der Waals surface area contributed by atoms with E-state index in [0.717, 1.165) is 44.6 Å². The van der Waals surface area contributed by atoms with E-state index in [-0.39, 0.29) is 12.0 Å². The van der Waals surface area contributed by atoms with Crippen molar-refractivity contribution in [2.75, 3.05) is 32.8 Å². The number of carbonyl (C=O) groups is 1. The first-order valence-electron chi connectivity index (χ1n) is 9.21. The smallest absolute Gasteiger partial charge is 0.251 e. The average Bonchev–Trinajstić information content (AvgIpc) is 3.34. The van der Waals surface area contributed by atoms with Crippen LogP contribution in [-0.4, -0.2) is 64.7 Å². The fourth-order valence-electron chi connectivity index (χ4n) is 3.51. The van der Waals surface area contributed by atoms with Gasteiger partial charge in [0.25, 0.3) is 5.91 Å². The summed E-state index contributed by atoms with van der Waals surface area (Å²) in [6.07, 6.45) is 1.61. The van der Waals surface area contributed by atoms with E-state index in [0.29, 0.717) is 24.9 Å². The van der Waals surface area contributed by atoms with Gasteiger partial charge >= 0.3 is 0 Å². The van der Waals surface area contributed by atoms with Crippen molar-refractivity contribution in [3.8, 4) is 11.4 Å². The Labute approximate surface area is 152 Å². The summed E-state index contributed by atoms with van der Waals surface area (Å²) in [7, 11) is 0. The lowest BCUT2D eigenvalue weighted by atomic mass is 10.1. The Morgan fingerprint density at radius 2 is 2.12 bits per heavy atom. The lowest BCUT2D eigenvalue weighted by Gasteiger charge is -2.35. The largest absolute Gasteiger partial charge is 0.368 e. The molecule has 2 fully saturated rings. The molecule has 0 spiro atoms. The van der Waals surface area contributed by atoms with Gasteiger partial charge in [0.2, 0.25) is 11.7 Å². The van der Waals surface area contributed by atoms with Crippen LogP contribution in [0.1, 0.15) is 24.3 Å². The van der Waals surface area contributed by atoms with Crippen molar-refractivity contribution < 1.29 is 14.1 Å². The lowest BCUT2D eigenvalue weighted by molar-refractivity contribution is -0.142. The van der Waals surface area contributed by atoms with Gasteiger partial charge in [-0.1, -0.05) is 28.9 Å². The molecule has 3 heterocycles. The Kier molecular flexibility index (Phi) is 4.99. The zero-order valence-electron chi connectivity index (χ0n) is 15.1. The minimum absolute atomic E-state index is 0.140. The second-order valence-corrected chi connectivity index (χ2v) is 6.98. The minimum atomic E-state index is -0.227. The summed E-state index contributed by atoms with van der Waals surface area (Å²) in [6, 6.07) is 8.06. The van der Waals surface area contributed by atoms with Crippen LogP contribution in [-0.2, 0) is 16.1 Å². The maximum Gasteiger partial charge on any atom is 0.251 e. The second kappa shape index (κ2) is 7.55. The topological polar surface area (TPSA) is 71.7 Å². The third-order valence-corrected chi connectivity index (χ3v) is 4.99. The number of ether oxygens (including phenoxy) is 1. The highest BCUT2D eigenvalue weighted by atomic mass is 16.5. The molecule has 2 aromatic rings. The molecule has 26 heavy (non-hydrogen) atoms. The molecular weight excluding hydrogens is 332 g/mol. The maximum absolute atomic E-state index is 12.4. The van der Waals surface area contributed by atoms with E-state index in [1.807, 2.05) is 36.1 Å². The van der Waals surface area contributed by atoms with Gasteiger partial charge < -0.3 is 14.2 Å². The summed E-state index contributed by atoms with van der Waals surface area (Å²) >= 11 is 0. The third-order valence-electron chi connectivity index (χ3n) is 4.99. The zero-order valence-corrected chi connectivity index (χ0v) is 15.1. The number of aryl methyl sites for hydroxylation is 1. The molecule has 4 rings (SSSR count). The monoisotopic (exact) mass is 356 g/mol. The summed E-state index contributed by atoms with van der Waals surface area (Å²) in [6.45, 7) is 6.41. The van der Waals surface area contributed by atoms with Crippen molar-refractivity contribution in [3.63, 3.8) is 0 Å². The van der Waals surface area contributed by atoms with Gasteiger partial charge in [0.1, 0.15) is 6.10 Å². The fraction of sp³-hybridized carbons (Fsp3) is 0.526. The molecular formula is C19H24N4O3. The maximum atomic E-state index is 12.4. The predicted molar refractivity (Wildman–Crippen MR) is 95.3 cm³/mol. The highest BCUT2D eigenvalue weighted by molar-refractivity contribution is 5.81. The SMILES string of the molecule is Cc1cccc(-c2noc(CN3CCN(C(=O)[C@@H]4CCCO4)CC3)n2)c1. The summed E-state index contributed by atoms with van der Waals surface area (Å²) in [5.41, 5.74) is 2.13. The molecule has 1 aromatic carbocycles. The highest BCUT2D eigenvalue weighted by Gasteiger charge is 2.30. The van der Waals surface area contributed by atoms with Crippen LogP contribution < -0.4 is 0 Å². The molecule has 7 nitrogen and oxygen atoms in total. The quantitative estimate of drug-likeness (QED) is 0.833. The van der Waals surface area contributed by atoms with Crippen LogP contribution in [0.3, 0.4) is 0 Å². The average molecular weight is 356 g/mol. The number of nitrogens with zero attached hydrogens (tertiary/aromatic N) is 4. The Balaban J connectivity index is 1.31. The molecule has 0 unspecified atom stereocenters. The normalized spacial score (nSPS) is 21.3. The molecule has 0 radical (unpaired) electrons. The molecule has 138 valence electrons. The summed E-state index contributed by atoms with van der Waals surface area (Å²) < 4.78 is 10.9. The Morgan fingerprint density at radius 3 is 2.85 bits per heavy atom. The van der Waals surface area contributed by atoms with Crippen LogP contribution >= 0.6 is 0 Å². The molecule has 1 amide bonds. The van der Waals surface area contributed by atoms with Crippen LogP contribution in [0.25, 0.3) is 11.4 Å². The van der Waals surface area contributed by atoms with Gasteiger partial charge in [0, 0.05) is 38.3 Å². The van der Waals surface area contributed by atoms with E-state index < -0.39 is 0 Å². The van der Waals surface area contributed by atoms with Gasteiger partial charge in [-0.25, -0.2) is 0 Å². The van der Waals surface area contributed by atoms with Crippen LogP contribution in [0.2, 0.25) is 0 Å². The number of amides is 1. The molecule has 1 atom stereocenters. The molecule has 0 bridgehead atoms. The first kappa shape index (κ1) is 17.2. The van der Waals surface area contributed by atoms with Crippen molar-refractivity contribution in [2.45, 2.75) is 32.4 Å². The van der Waals surface area contributed by atoms with Crippen molar-refractivity contribution >= 4 is 5.91 Å². The number of hydrogen-bond acceptors (Lipinski definition) is 6. The number of benzene rings is 1. The van der Waals surface area contributed by atoms with Crippen molar-refractivity contribution in [3.05, 3.63) is 35.7 Å². The van der Waals surface area contributed by atoms with Gasteiger partial charge in [-0.3, -0.25) is 9.69 Å². The second-order valence-electron chi connectivity index (χ2n) is 6.98. The zero-order chi connectivity index (χ0) is 17.9. The Bertz CT molecular complexity index is 762. The van der Waals surface area contributed by atoms with Gasteiger partial charge in [-0.2, -0.15) is 4.98 Å². The van der Waals surface area contributed by atoms with E-state index in [9.17, 15) is 4.79 Å². The first-order valence-corrected chi connectivity index (χ1v) is 9.21. The first-order chi connectivity index (χ1) is 12.7. The summed E-state index contributed by atoms with van der Waals surface area (Å²) in [4.78, 5) is 21.1. The molecule has 0 saturated carbocycles. The molecule has 0 N–H and O–H groups in total. The fourth-order valence-corrected chi connectivity index (χ4v) is 3.51. The van der Waals surface area contributed by atoms with Crippen molar-refractivity contribution in [1.29, 1.82) is 0 Å². The molecule has 0 aliphatic carbocycles. The van der Waals surface area contributed by atoms with Crippen LogP contribution in [0.5, 0.6) is 0 Å². The Morgan fingerprint density at radius 1 is 1.27 bits per heavy atom. The van der Waals surface area contributed by atoms with Gasteiger partial charge in [0.15, 0.2) is 0 Å². The summed E-state index contributed by atoms with van der Waals surface area (Å²) in [5.74, 6) is 1.37. The predicted octanol–water partition coefficient (Wildman–Crippen LogP) is 1.87. The van der Waals surface area contributed by atoms with Crippen molar-refractivity contribution in [1.82, 2.24) is 19.9 Å². The van der Waals surface area contributed by atoms with Crippen LogP contribution in [0.15, 0.2) is 28.8 Å². The number of aromatic nitrogens is 2. The standard InChI is InChI=1S/C19H24N4O3/c1-14-4-2-5-15(12-14)18-20-17(26-21-18)13-22-7-9-23(10-8-22)19(24)16-6-3-11-25-16/h2,4-5,12,16H,3,6-11,13H2,1H3/t16-/m0/s1. The van der Waals surface area contributed by atoms with Gasteiger partial charge in [0.05, 0.1) is 6.54 Å². The van der Waals surface area contributed by atoms with Crippen molar-refractivity contribution in [2.24, 2.45) is 0 Å². The number of piperazine rings is 1. The van der Waals surface area contributed by atoms with E-state index in [2.05, 4.69) is 15.0 Å². The van der Waals surface area contributed by atoms with Gasteiger partial charge in [-0.15, -0.1) is 0 Å². The number of hydrogen-bond donors (Lipinski definition) is 0. The minimum Gasteiger partial charge on any atom is -0.368 e.